The number of aromatic nitrogens is 2. The molecule has 2 heterocycles. The molecule has 1 aromatic heterocycles. The van der Waals surface area contributed by atoms with Gasteiger partial charge in [-0.2, -0.15) is 0 Å². The predicted molar refractivity (Wildman–Crippen MR) is 153 cm³/mol. The highest BCUT2D eigenvalue weighted by Crippen LogP contribution is 2.42. The lowest BCUT2D eigenvalue weighted by atomic mass is 9.79. The van der Waals surface area contributed by atoms with E-state index in [4.69, 9.17) is 14.2 Å². The number of allylic oxidation sites excluding steroid dienone is 2. The Kier molecular flexibility index (Phi) is 11.1. The van der Waals surface area contributed by atoms with Crippen molar-refractivity contribution < 1.29 is 28.7 Å². The number of nitro benzene ring substituents is 1. The van der Waals surface area contributed by atoms with Crippen molar-refractivity contribution in [2.75, 3.05) is 7.11 Å². The molecule has 0 aliphatic carbocycles. The van der Waals surface area contributed by atoms with Gasteiger partial charge in [0.2, 0.25) is 5.88 Å². The van der Waals surface area contributed by atoms with Crippen LogP contribution in [0.1, 0.15) is 83.4 Å². The lowest BCUT2D eigenvalue weighted by Crippen LogP contribution is -2.33. The van der Waals surface area contributed by atoms with Crippen molar-refractivity contribution in [3.63, 3.8) is 0 Å². The van der Waals surface area contributed by atoms with Crippen molar-refractivity contribution in [2.45, 2.75) is 91.3 Å². The van der Waals surface area contributed by atoms with Gasteiger partial charge in [0, 0.05) is 34.8 Å². The molecule has 0 bridgehead atoms. The normalized spacial score (nSPS) is 16.6. The van der Waals surface area contributed by atoms with Crippen molar-refractivity contribution in [1.82, 2.24) is 15.5 Å². The quantitative estimate of drug-likeness (QED) is 0.125. The first-order chi connectivity index (χ1) is 19.6. The van der Waals surface area contributed by atoms with Gasteiger partial charge in [-0.15, -0.1) is 5.10 Å². The number of methoxy groups -OCH3 is 1. The summed E-state index contributed by atoms with van der Waals surface area (Å²) in [5, 5.41) is 22.0. The molecule has 0 spiro atoms. The zero-order chi connectivity index (χ0) is 30.1. The third kappa shape index (κ3) is 7.74. The number of H-pyrrole nitrogens is 1. The van der Waals surface area contributed by atoms with Crippen molar-refractivity contribution in [3.05, 3.63) is 74.2 Å². The van der Waals surface area contributed by atoms with E-state index in [1.807, 2.05) is 19.9 Å². The number of ether oxygens (including phenoxy) is 3. The fraction of sp³-hybridized carbons (Fsp3) is 0.500. The second-order valence-electron chi connectivity index (χ2n) is 10.2. The molecular weight excluding hydrogens is 528 g/mol. The summed E-state index contributed by atoms with van der Waals surface area (Å²) in [6.45, 7) is 9.31. The van der Waals surface area contributed by atoms with Crippen LogP contribution in [0, 0.1) is 17.0 Å². The molecule has 3 unspecified atom stereocenters. The number of dihydropyridines is 1. The largest absolute Gasteiger partial charge is 0.473 e. The first-order valence-corrected chi connectivity index (χ1v) is 14.0. The number of hydrogen-bond acceptors (Lipinski definition) is 9. The molecule has 11 heteroatoms. The smallest absolute Gasteiger partial charge is 0.337 e. The third-order valence-electron chi connectivity index (χ3n) is 7.29. The minimum atomic E-state index is -1.02. The number of esters is 2. The van der Waals surface area contributed by atoms with Crippen molar-refractivity contribution in [1.29, 1.82) is 0 Å². The van der Waals surface area contributed by atoms with E-state index < -0.39 is 22.8 Å². The van der Waals surface area contributed by atoms with Crippen LogP contribution in [0.5, 0.6) is 5.88 Å². The van der Waals surface area contributed by atoms with Gasteiger partial charge in [-0.1, -0.05) is 32.0 Å². The van der Waals surface area contributed by atoms with E-state index in [0.29, 0.717) is 30.1 Å². The zero-order valence-electron chi connectivity index (χ0n) is 24.6. The van der Waals surface area contributed by atoms with Crippen LogP contribution in [0.4, 0.5) is 5.69 Å². The summed E-state index contributed by atoms with van der Waals surface area (Å²) >= 11 is 0. The average Bonchev–Trinajstić information content (AvgIpc) is 3.37. The van der Waals surface area contributed by atoms with Gasteiger partial charge in [0.15, 0.2) is 0 Å². The molecule has 0 saturated carbocycles. The highest BCUT2D eigenvalue weighted by molar-refractivity contribution is 6.00. The van der Waals surface area contributed by atoms with E-state index in [9.17, 15) is 19.7 Å². The maximum absolute atomic E-state index is 13.7. The van der Waals surface area contributed by atoms with E-state index in [0.717, 1.165) is 31.4 Å². The monoisotopic (exact) mass is 568 g/mol. The Morgan fingerprint density at radius 2 is 1.61 bits per heavy atom. The summed E-state index contributed by atoms with van der Waals surface area (Å²) in [5.74, 6) is -1.74. The summed E-state index contributed by atoms with van der Waals surface area (Å²) in [6.07, 6.45) is 4.31. The number of aromatic amines is 1. The molecule has 11 nitrogen and oxygen atoms in total. The van der Waals surface area contributed by atoms with Gasteiger partial charge in [-0.3, -0.25) is 15.2 Å². The van der Waals surface area contributed by atoms with E-state index in [2.05, 4.69) is 22.4 Å². The number of unbranched alkanes of at least 4 members (excludes halogenated alkanes) is 1. The highest BCUT2D eigenvalue weighted by Gasteiger charge is 2.41. The number of rotatable bonds is 14. The number of nitro groups is 1. The first-order valence-electron chi connectivity index (χ1n) is 14.0. The van der Waals surface area contributed by atoms with Crippen LogP contribution in [0.3, 0.4) is 0 Å². The zero-order valence-corrected chi connectivity index (χ0v) is 24.6. The van der Waals surface area contributed by atoms with Crippen molar-refractivity contribution in [3.8, 4) is 5.88 Å². The maximum atomic E-state index is 13.7. The van der Waals surface area contributed by atoms with Crippen LogP contribution in [-0.2, 0) is 19.1 Å². The molecule has 0 radical (unpaired) electrons. The number of hydrogen-bond donors (Lipinski definition) is 2. The van der Waals surface area contributed by atoms with E-state index >= 15 is 0 Å². The third-order valence-corrected chi connectivity index (χ3v) is 7.29. The molecule has 1 aliphatic rings. The Labute approximate surface area is 240 Å². The Bertz CT molecular complexity index is 1310. The first kappa shape index (κ1) is 31.4. The predicted octanol–water partition coefficient (Wildman–Crippen LogP) is 5.77. The summed E-state index contributed by atoms with van der Waals surface area (Å²) in [5.41, 5.74) is 2.16. The molecule has 0 saturated heterocycles. The molecule has 3 rings (SSSR count). The van der Waals surface area contributed by atoms with E-state index in [1.54, 1.807) is 32.0 Å². The lowest BCUT2D eigenvalue weighted by Gasteiger charge is -2.31. The van der Waals surface area contributed by atoms with Gasteiger partial charge in [0.25, 0.3) is 5.69 Å². The van der Waals surface area contributed by atoms with Gasteiger partial charge in [0.05, 0.1) is 29.1 Å². The molecule has 0 amide bonds. The minimum absolute atomic E-state index is 0.0376. The van der Waals surface area contributed by atoms with Crippen LogP contribution >= 0.6 is 0 Å². The second kappa shape index (κ2) is 14.5. The van der Waals surface area contributed by atoms with Crippen LogP contribution in [0.15, 0.2) is 52.9 Å². The number of para-hydroxylation sites is 1. The Hall–Kier alpha value is -4.15. The number of nitrogens with one attached hydrogen (secondary N) is 2. The standard InChI is InChI=1S/C30H40N4O7/c1-7-21(40-25-17-18(3)32-33-25)13-9-10-14-22(8-2)41-30(36)27-20(5)31-19(4)26(29(35)39-6)28(27)23-15-11-12-16-24(23)34(37)38/h11-12,15-17,21-22,28,31H,7-10,13-14H2,1-6H3,(H,32,33). The van der Waals surface area contributed by atoms with Gasteiger partial charge in [0.1, 0.15) is 12.2 Å². The molecule has 1 aliphatic heterocycles. The van der Waals surface area contributed by atoms with Crippen LogP contribution in [0.25, 0.3) is 0 Å². The van der Waals surface area contributed by atoms with Crippen LogP contribution < -0.4 is 10.1 Å². The van der Waals surface area contributed by atoms with Crippen LogP contribution in [0.2, 0.25) is 0 Å². The van der Waals surface area contributed by atoms with Gasteiger partial charge in [-0.25, -0.2) is 9.59 Å². The molecule has 222 valence electrons. The molecular formula is C30H40N4O7. The highest BCUT2D eigenvalue weighted by atomic mass is 16.6. The molecule has 2 N–H and O–H groups in total. The van der Waals surface area contributed by atoms with Crippen molar-refractivity contribution >= 4 is 17.6 Å². The van der Waals surface area contributed by atoms with Gasteiger partial charge in [-0.05, 0) is 59.3 Å². The van der Waals surface area contributed by atoms with Gasteiger partial charge >= 0.3 is 11.9 Å². The molecule has 0 fully saturated rings. The Morgan fingerprint density at radius 1 is 1.00 bits per heavy atom. The van der Waals surface area contributed by atoms with Gasteiger partial charge < -0.3 is 19.5 Å². The summed E-state index contributed by atoms with van der Waals surface area (Å²) in [6, 6.07) is 7.96. The van der Waals surface area contributed by atoms with E-state index in [-0.39, 0.29) is 34.6 Å². The summed E-state index contributed by atoms with van der Waals surface area (Å²) in [7, 11) is 1.24. The number of benzene rings is 1. The Morgan fingerprint density at radius 3 is 2.17 bits per heavy atom. The summed E-state index contributed by atoms with van der Waals surface area (Å²) in [4.78, 5) is 38.0. The van der Waals surface area contributed by atoms with E-state index in [1.165, 1.54) is 13.2 Å². The topological polar surface area (TPSA) is 146 Å². The fourth-order valence-electron chi connectivity index (χ4n) is 5.13. The fourth-order valence-corrected chi connectivity index (χ4v) is 5.13. The molecule has 41 heavy (non-hydrogen) atoms. The van der Waals surface area contributed by atoms with Crippen LogP contribution in [-0.4, -0.2) is 46.4 Å². The van der Waals surface area contributed by atoms with Crippen molar-refractivity contribution in [2.24, 2.45) is 0 Å². The minimum Gasteiger partial charge on any atom is -0.473 e. The maximum Gasteiger partial charge on any atom is 0.337 e. The number of carbonyl (C=O) groups is 2. The number of carbonyl (C=O) groups excluding carboxylic acids is 2. The molecule has 2 aromatic rings. The number of aryl methyl sites for hydroxylation is 1. The molecule has 3 atom stereocenters. The average molecular weight is 569 g/mol. The summed E-state index contributed by atoms with van der Waals surface area (Å²) < 4.78 is 16.9. The number of nitrogens with zero attached hydrogens (tertiary/aromatic N) is 2. The lowest BCUT2D eigenvalue weighted by molar-refractivity contribution is -0.385. The second-order valence-corrected chi connectivity index (χ2v) is 10.2. The Balaban J connectivity index is 1.75. The molecule has 1 aromatic carbocycles. The SMILES string of the molecule is CCC(CCCCC(CC)Oc1cc(C)[nH]n1)OC(=O)C1=C(C)NC(C)=C(C(=O)OC)C1c1ccccc1[N+](=O)[O-].